The van der Waals surface area contributed by atoms with Crippen molar-refractivity contribution < 1.29 is 49.0 Å². The van der Waals surface area contributed by atoms with Crippen molar-refractivity contribution in [1.29, 1.82) is 0 Å². The van der Waals surface area contributed by atoms with Gasteiger partial charge in [0.15, 0.2) is 17.1 Å². The van der Waals surface area contributed by atoms with Crippen molar-refractivity contribution in [2.45, 2.75) is 57.4 Å². The lowest BCUT2D eigenvalue weighted by molar-refractivity contribution is -0.170. The zero-order valence-electron chi connectivity index (χ0n) is 25.0. The van der Waals surface area contributed by atoms with Crippen molar-refractivity contribution in [3.63, 3.8) is 0 Å². The zero-order chi connectivity index (χ0) is 32.3. The molecule has 0 radical (unpaired) electrons. The number of carbonyl (C=O) groups is 3. The summed E-state index contributed by atoms with van der Waals surface area (Å²) >= 11 is 0. The van der Waals surface area contributed by atoms with Crippen LogP contribution in [0, 0.1) is 6.92 Å². The number of aliphatic carboxylic acids is 3. The molecule has 44 heavy (non-hydrogen) atoms. The van der Waals surface area contributed by atoms with Crippen LogP contribution in [0.3, 0.4) is 0 Å². The Labute approximate surface area is 255 Å². The molecule has 4 N–H and O–H groups in total. The molecule has 0 spiro atoms. The fourth-order valence-electron chi connectivity index (χ4n) is 4.88. The van der Waals surface area contributed by atoms with Crippen molar-refractivity contribution in [3.05, 3.63) is 71.8 Å². The second-order valence-corrected chi connectivity index (χ2v) is 10.5. The Hall–Kier alpha value is -4.46. The first kappa shape index (κ1) is 34.0. The number of benzene rings is 2. The number of aromatic nitrogens is 2. The average Bonchev–Trinajstić information content (AvgIpc) is 3.64. The minimum atomic E-state index is -2.74. The van der Waals surface area contributed by atoms with Crippen LogP contribution >= 0.6 is 0 Å². The van der Waals surface area contributed by atoms with Crippen LogP contribution in [0.1, 0.15) is 42.6 Å². The lowest BCUT2D eigenvalue weighted by Gasteiger charge is -2.26. The molecule has 0 amide bonds. The second-order valence-electron chi connectivity index (χ2n) is 10.5. The standard InChI is InChI=1S/C25H31N3O3.C6H8O7/c1-19-26-12-13-28(19)22-9-6-20(7-10-22)16-27(18-23-5-4-14-31-23)17-21-8-11-24(29-2)25(15-21)30-3;7-3(8)1-6(13,5(11)12)2-4(9)10/h6-13,15,23H,4-5,14,16-18H2,1-3H3;13H,1-2H2,(H,7,8)(H,9,10)(H,11,12). The summed E-state index contributed by atoms with van der Waals surface area (Å²) in [7, 11) is 3.34. The smallest absolute Gasteiger partial charge is 0.336 e. The highest BCUT2D eigenvalue weighted by molar-refractivity contribution is 5.88. The molecule has 238 valence electrons. The Morgan fingerprint density at radius 2 is 1.59 bits per heavy atom. The fraction of sp³-hybridized carbons (Fsp3) is 0.419. The number of imidazole rings is 1. The summed E-state index contributed by atoms with van der Waals surface area (Å²) in [6.45, 7) is 5.48. The molecular weight excluding hydrogens is 574 g/mol. The van der Waals surface area contributed by atoms with E-state index in [9.17, 15) is 14.4 Å². The first-order valence-corrected chi connectivity index (χ1v) is 14.0. The number of carboxylic acid groups (broad SMARTS) is 3. The normalized spacial score (nSPS) is 14.5. The topological polar surface area (TPSA) is 181 Å². The summed E-state index contributed by atoms with van der Waals surface area (Å²) in [5.74, 6) is -2.52. The predicted molar refractivity (Wildman–Crippen MR) is 158 cm³/mol. The number of rotatable bonds is 14. The molecule has 3 aromatic rings. The highest BCUT2D eigenvalue weighted by atomic mass is 16.5. The van der Waals surface area contributed by atoms with E-state index in [0.717, 1.165) is 62.1 Å². The number of ether oxygens (including phenoxy) is 3. The Kier molecular flexibility index (Phi) is 12.3. The van der Waals surface area contributed by atoms with Crippen molar-refractivity contribution in [2.24, 2.45) is 0 Å². The summed E-state index contributed by atoms with van der Waals surface area (Å²) in [4.78, 5) is 37.3. The third-order valence-corrected chi connectivity index (χ3v) is 7.07. The van der Waals surface area contributed by atoms with Crippen LogP contribution in [0.2, 0.25) is 0 Å². The molecule has 0 aliphatic carbocycles. The van der Waals surface area contributed by atoms with E-state index in [0.29, 0.717) is 6.10 Å². The van der Waals surface area contributed by atoms with E-state index < -0.39 is 36.4 Å². The number of nitrogens with zero attached hydrogens (tertiary/aromatic N) is 3. The Morgan fingerprint density at radius 1 is 0.977 bits per heavy atom. The van der Waals surface area contributed by atoms with Gasteiger partial charge >= 0.3 is 17.9 Å². The molecule has 2 heterocycles. The number of hydrogen-bond acceptors (Lipinski definition) is 9. The summed E-state index contributed by atoms with van der Waals surface area (Å²) < 4.78 is 18.9. The van der Waals surface area contributed by atoms with E-state index >= 15 is 0 Å². The van der Waals surface area contributed by atoms with Gasteiger partial charge in [-0.25, -0.2) is 9.78 Å². The molecule has 0 bridgehead atoms. The molecule has 0 saturated carbocycles. The molecule has 1 aromatic heterocycles. The maximum atomic E-state index is 10.3. The molecule has 13 nitrogen and oxygen atoms in total. The van der Waals surface area contributed by atoms with Crippen molar-refractivity contribution in [2.75, 3.05) is 27.4 Å². The van der Waals surface area contributed by atoms with Crippen LogP contribution < -0.4 is 9.47 Å². The van der Waals surface area contributed by atoms with Gasteiger partial charge in [0.2, 0.25) is 0 Å². The number of aliphatic hydroxyl groups is 1. The van der Waals surface area contributed by atoms with Crippen LogP contribution in [-0.2, 0) is 32.2 Å². The van der Waals surface area contributed by atoms with Gasteiger partial charge in [0.1, 0.15) is 5.82 Å². The highest BCUT2D eigenvalue weighted by Crippen LogP contribution is 2.29. The molecule has 1 aliphatic heterocycles. The van der Waals surface area contributed by atoms with E-state index in [1.54, 1.807) is 14.2 Å². The molecule has 13 heteroatoms. The van der Waals surface area contributed by atoms with E-state index in [1.807, 2.05) is 25.4 Å². The predicted octanol–water partition coefficient (Wildman–Crippen LogP) is 3.13. The van der Waals surface area contributed by atoms with Gasteiger partial charge in [-0.3, -0.25) is 14.5 Å². The monoisotopic (exact) mass is 613 g/mol. The minimum absolute atomic E-state index is 0.299. The van der Waals surface area contributed by atoms with Gasteiger partial charge in [0.05, 0.1) is 33.2 Å². The molecule has 1 aliphatic rings. The van der Waals surface area contributed by atoms with Gasteiger partial charge in [0.25, 0.3) is 0 Å². The molecule has 1 atom stereocenters. The summed E-state index contributed by atoms with van der Waals surface area (Å²) in [6, 6.07) is 14.9. The third kappa shape index (κ3) is 9.79. The minimum Gasteiger partial charge on any atom is -0.493 e. The van der Waals surface area contributed by atoms with E-state index in [4.69, 9.17) is 34.6 Å². The third-order valence-electron chi connectivity index (χ3n) is 7.07. The average molecular weight is 614 g/mol. The first-order chi connectivity index (χ1) is 20.9. The van der Waals surface area contributed by atoms with Crippen LogP contribution in [0.25, 0.3) is 5.69 Å². The maximum Gasteiger partial charge on any atom is 0.336 e. The first-order valence-electron chi connectivity index (χ1n) is 14.0. The second kappa shape index (κ2) is 15.8. The van der Waals surface area contributed by atoms with Gasteiger partial charge in [-0.05, 0) is 55.2 Å². The van der Waals surface area contributed by atoms with E-state index in [-0.39, 0.29) is 0 Å². The van der Waals surface area contributed by atoms with Gasteiger partial charge in [-0.15, -0.1) is 0 Å². The maximum absolute atomic E-state index is 10.3. The Bertz CT molecular complexity index is 1380. The molecule has 1 saturated heterocycles. The molecule has 1 fully saturated rings. The molecule has 2 aromatic carbocycles. The van der Waals surface area contributed by atoms with Crippen LogP contribution in [0.15, 0.2) is 54.9 Å². The zero-order valence-corrected chi connectivity index (χ0v) is 25.0. The van der Waals surface area contributed by atoms with Crippen LogP contribution in [0.4, 0.5) is 0 Å². The number of methoxy groups -OCH3 is 2. The SMILES string of the molecule is COc1ccc(CN(Cc2ccc(-n3ccnc3C)cc2)CC2CCCO2)cc1OC.O=C(O)CC(O)(CC(=O)O)C(=O)O. The summed E-state index contributed by atoms with van der Waals surface area (Å²) in [6.07, 6.45) is 4.10. The van der Waals surface area contributed by atoms with Gasteiger partial charge < -0.3 is 39.2 Å². The highest BCUT2D eigenvalue weighted by Gasteiger charge is 2.40. The number of hydrogen-bond donors (Lipinski definition) is 4. The van der Waals surface area contributed by atoms with Crippen molar-refractivity contribution in [1.82, 2.24) is 14.5 Å². The van der Waals surface area contributed by atoms with E-state index in [1.165, 1.54) is 11.1 Å². The molecular formula is C31H39N3O10. The van der Waals surface area contributed by atoms with Gasteiger partial charge in [-0.1, -0.05) is 18.2 Å². The number of aryl methyl sites for hydroxylation is 1. The Balaban J connectivity index is 0.000000345. The van der Waals surface area contributed by atoms with Crippen molar-refractivity contribution in [3.8, 4) is 17.2 Å². The Morgan fingerprint density at radius 3 is 2.09 bits per heavy atom. The lowest BCUT2D eigenvalue weighted by Crippen LogP contribution is -2.42. The molecule has 1 unspecified atom stereocenters. The summed E-state index contributed by atoms with van der Waals surface area (Å²) in [5.41, 5.74) is 0.864. The number of carboxylic acids is 3. The van der Waals surface area contributed by atoms with Crippen LogP contribution in [0.5, 0.6) is 11.5 Å². The molecule has 4 rings (SSSR count). The largest absolute Gasteiger partial charge is 0.493 e. The summed E-state index contributed by atoms with van der Waals surface area (Å²) in [5, 5.41) is 33.8. The van der Waals surface area contributed by atoms with Gasteiger partial charge in [-0.2, -0.15) is 0 Å². The van der Waals surface area contributed by atoms with Gasteiger partial charge in [0, 0.05) is 44.3 Å². The van der Waals surface area contributed by atoms with E-state index in [2.05, 4.69) is 50.8 Å². The van der Waals surface area contributed by atoms with Crippen molar-refractivity contribution >= 4 is 17.9 Å². The quantitative estimate of drug-likeness (QED) is 0.209. The fourth-order valence-corrected chi connectivity index (χ4v) is 4.88. The lowest BCUT2D eigenvalue weighted by atomic mass is 9.96. The van der Waals surface area contributed by atoms with Crippen LogP contribution in [-0.4, -0.2) is 91.9 Å².